The van der Waals surface area contributed by atoms with Crippen molar-refractivity contribution in [1.29, 1.82) is 0 Å². The van der Waals surface area contributed by atoms with Crippen molar-refractivity contribution in [2.45, 2.75) is 44.6 Å². The number of anilines is 1. The quantitative estimate of drug-likeness (QED) is 0.495. The molecule has 2 N–H and O–H groups in total. The minimum absolute atomic E-state index is 0.236. The lowest BCUT2D eigenvalue weighted by Crippen LogP contribution is -2.44. The number of hydrogen-bond acceptors (Lipinski definition) is 6. The molecule has 4 heterocycles. The Kier molecular flexibility index (Phi) is 7.64. The number of aromatic nitrogens is 1. The second kappa shape index (κ2) is 10.8. The number of hydrogen-bond donors (Lipinski definition) is 2. The van der Waals surface area contributed by atoms with Gasteiger partial charge in [0.15, 0.2) is 11.1 Å². The minimum atomic E-state index is 0.236. The highest BCUT2D eigenvalue weighted by atomic mass is 32.1. The van der Waals surface area contributed by atoms with Crippen molar-refractivity contribution in [3.63, 3.8) is 0 Å². The maximum Gasteiger partial charge on any atom is 0.191 e. The fourth-order valence-corrected chi connectivity index (χ4v) is 5.22. The van der Waals surface area contributed by atoms with Crippen LogP contribution in [0.5, 0.6) is 0 Å². The zero-order valence-corrected chi connectivity index (χ0v) is 18.8. The Morgan fingerprint density at radius 3 is 2.70 bits per heavy atom. The Bertz CT molecular complexity index is 777. The number of guanidine groups is 1. The molecule has 0 radical (unpaired) electrons. The number of nitrogens with one attached hydrogen (secondary N) is 2. The van der Waals surface area contributed by atoms with Crippen molar-refractivity contribution >= 4 is 22.4 Å². The molecule has 4 rings (SSSR count). The summed E-state index contributed by atoms with van der Waals surface area (Å²) in [6.07, 6.45) is 9.09. The van der Waals surface area contributed by atoms with Crippen molar-refractivity contribution in [1.82, 2.24) is 20.5 Å². The van der Waals surface area contributed by atoms with Crippen LogP contribution in [0.25, 0.3) is 0 Å². The molecule has 0 aromatic carbocycles. The van der Waals surface area contributed by atoms with E-state index in [0.29, 0.717) is 0 Å². The molecule has 30 heavy (non-hydrogen) atoms. The van der Waals surface area contributed by atoms with E-state index in [-0.39, 0.29) is 6.04 Å². The van der Waals surface area contributed by atoms with Gasteiger partial charge in [0.05, 0.1) is 18.0 Å². The van der Waals surface area contributed by atoms with Crippen LogP contribution in [0.1, 0.15) is 49.6 Å². The van der Waals surface area contributed by atoms with Gasteiger partial charge in [-0.3, -0.25) is 9.89 Å². The van der Waals surface area contributed by atoms with Crippen LogP contribution in [0.4, 0.5) is 5.13 Å². The molecule has 0 amide bonds. The summed E-state index contributed by atoms with van der Waals surface area (Å²) in [5, 5.41) is 10.3. The topological polar surface area (TPSA) is 68.9 Å². The highest BCUT2D eigenvalue weighted by Crippen LogP contribution is 2.25. The first-order valence-electron chi connectivity index (χ1n) is 11.2. The van der Waals surface area contributed by atoms with Crippen LogP contribution in [-0.2, 0) is 6.42 Å². The van der Waals surface area contributed by atoms with E-state index in [0.717, 1.165) is 63.1 Å². The Morgan fingerprint density at radius 2 is 1.97 bits per heavy atom. The van der Waals surface area contributed by atoms with Crippen molar-refractivity contribution < 1.29 is 4.42 Å². The van der Waals surface area contributed by atoms with Gasteiger partial charge in [-0.25, -0.2) is 4.98 Å². The molecule has 1 atom stereocenters. The van der Waals surface area contributed by atoms with Crippen LogP contribution in [0.15, 0.2) is 33.2 Å². The average Bonchev–Trinajstić information content (AvgIpc) is 3.56. The van der Waals surface area contributed by atoms with Gasteiger partial charge in [0, 0.05) is 45.0 Å². The average molecular weight is 431 g/mol. The number of aliphatic imine (C=N–C) groups is 1. The third kappa shape index (κ3) is 5.55. The summed E-state index contributed by atoms with van der Waals surface area (Å²) in [4.78, 5) is 14.1. The Morgan fingerprint density at radius 1 is 1.17 bits per heavy atom. The van der Waals surface area contributed by atoms with Crippen molar-refractivity contribution in [2.75, 3.05) is 51.2 Å². The Hall–Kier alpha value is -2.06. The SMILES string of the molecule is CN=C(NCCc1csc(N2CCCC2)n1)NCC(c1ccco1)N1CCCCC1. The molecule has 2 aromatic rings. The second-order valence-corrected chi connectivity index (χ2v) is 8.91. The van der Waals surface area contributed by atoms with E-state index >= 15 is 0 Å². The predicted octanol–water partition coefficient (Wildman–Crippen LogP) is 3.27. The van der Waals surface area contributed by atoms with Gasteiger partial charge < -0.3 is 20.0 Å². The van der Waals surface area contributed by atoms with Crippen LogP contribution in [0, 0.1) is 0 Å². The van der Waals surface area contributed by atoms with Crippen LogP contribution in [0.3, 0.4) is 0 Å². The standard InChI is InChI=1S/C22H34N6OS/c1-23-21(24-10-9-18-17-30-22(26-18)28-13-5-6-14-28)25-16-19(20-8-7-15-29-20)27-11-3-2-4-12-27/h7-8,15,17,19H,2-6,9-14,16H2,1H3,(H2,23,24,25). The van der Waals surface area contributed by atoms with E-state index in [4.69, 9.17) is 9.40 Å². The molecule has 8 heteroatoms. The number of rotatable bonds is 8. The molecular weight excluding hydrogens is 396 g/mol. The monoisotopic (exact) mass is 430 g/mol. The van der Waals surface area contributed by atoms with Gasteiger partial charge in [-0.2, -0.15) is 0 Å². The predicted molar refractivity (Wildman–Crippen MR) is 124 cm³/mol. The van der Waals surface area contributed by atoms with Crippen LogP contribution < -0.4 is 15.5 Å². The summed E-state index contributed by atoms with van der Waals surface area (Å²) < 4.78 is 5.75. The Balaban J connectivity index is 1.25. The summed E-state index contributed by atoms with van der Waals surface area (Å²) >= 11 is 1.77. The molecule has 2 fully saturated rings. The first kappa shape index (κ1) is 21.2. The Labute approximate surface area is 183 Å². The third-order valence-electron chi connectivity index (χ3n) is 5.98. The highest BCUT2D eigenvalue weighted by Gasteiger charge is 2.24. The maximum absolute atomic E-state index is 5.75. The normalized spacial score (nSPS) is 19.2. The molecule has 0 saturated carbocycles. The highest BCUT2D eigenvalue weighted by molar-refractivity contribution is 7.13. The summed E-state index contributed by atoms with van der Waals surface area (Å²) in [6.45, 7) is 6.15. The van der Waals surface area contributed by atoms with E-state index in [9.17, 15) is 0 Å². The third-order valence-corrected chi connectivity index (χ3v) is 6.93. The van der Waals surface area contributed by atoms with Crippen molar-refractivity contribution in [2.24, 2.45) is 4.99 Å². The van der Waals surface area contributed by atoms with Crippen LogP contribution in [-0.4, -0.2) is 62.2 Å². The molecule has 2 aromatic heterocycles. The lowest BCUT2D eigenvalue weighted by atomic mass is 10.1. The van der Waals surface area contributed by atoms with Crippen molar-refractivity contribution in [3.05, 3.63) is 35.2 Å². The van der Waals surface area contributed by atoms with Gasteiger partial charge in [0.25, 0.3) is 0 Å². The fourth-order valence-electron chi connectivity index (χ4n) is 4.31. The summed E-state index contributed by atoms with van der Waals surface area (Å²) in [7, 11) is 1.83. The van der Waals surface area contributed by atoms with E-state index < -0.39 is 0 Å². The second-order valence-electron chi connectivity index (χ2n) is 8.07. The molecule has 2 saturated heterocycles. The van der Waals surface area contributed by atoms with Gasteiger partial charge in [-0.1, -0.05) is 6.42 Å². The largest absolute Gasteiger partial charge is 0.468 e. The molecule has 0 aliphatic carbocycles. The van der Waals surface area contributed by atoms with Gasteiger partial charge in [-0.05, 0) is 50.9 Å². The zero-order valence-electron chi connectivity index (χ0n) is 18.0. The van der Waals surface area contributed by atoms with E-state index in [1.165, 1.54) is 37.2 Å². The minimum Gasteiger partial charge on any atom is -0.468 e. The molecular formula is C22H34N6OS. The molecule has 0 spiro atoms. The summed E-state index contributed by atoms with van der Waals surface area (Å²) in [6, 6.07) is 4.29. The van der Waals surface area contributed by atoms with Gasteiger partial charge in [-0.15, -0.1) is 11.3 Å². The number of furan rings is 1. The lowest BCUT2D eigenvalue weighted by Gasteiger charge is -2.33. The molecule has 2 aliphatic heterocycles. The van der Waals surface area contributed by atoms with Crippen molar-refractivity contribution in [3.8, 4) is 0 Å². The molecule has 7 nitrogen and oxygen atoms in total. The lowest BCUT2D eigenvalue weighted by molar-refractivity contribution is 0.146. The van der Waals surface area contributed by atoms with Gasteiger partial charge in [0.1, 0.15) is 5.76 Å². The van der Waals surface area contributed by atoms with E-state index in [1.807, 2.05) is 13.1 Å². The van der Waals surface area contributed by atoms with Crippen LogP contribution >= 0.6 is 11.3 Å². The number of thiazole rings is 1. The maximum atomic E-state index is 5.75. The van der Waals surface area contributed by atoms with Gasteiger partial charge in [0.2, 0.25) is 0 Å². The first-order chi connectivity index (χ1) is 14.8. The molecule has 1 unspecified atom stereocenters. The van der Waals surface area contributed by atoms with Crippen LogP contribution in [0.2, 0.25) is 0 Å². The smallest absolute Gasteiger partial charge is 0.191 e. The summed E-state index contributed by atoms with van der Waals surface area (Å²) in [5.41, 5.74) is 1.16. The summed E-state index contributed by atoms with van der Waals surface area (Å²) in [5.74, 6) is 1.86. The number of nitrogens with zero attached hydrogens (tertiary/aromatic N) is 4. The first-order valence-corrected chi connectivity index (χ1v) is 12.1. The molecule has 2 aliphatic rings. The van der Waals surface area contributed by atoms with E-state index in [2.05, 4.69) is 36.9 Å². The molecule has 164 valence electrons. The fraction of sp³-hybridized carbons (Fsp3) is 0.636. The molecule has 0 bridgehead atoms. The zero-order chi connectivity index (χ0) is 20.6. The number of piperidine rings is 1. The number of likely N-dealkylation sites (tertiary alicyclic amines) is 1. The van der Waals surface area contributed by atoms with Gasteiger partial charge >= 0.3 is 0 Å². The van der Waals surface area contributed by atoms with E-state index in [1.54, 1.807) is 17.6 Å².